The lowest BCUT2D eigenvalue weighted by Gasteiger charge is -2.20. The van der Waals surface area contributed by atoms with Gasteiger partial charge in [-0.15, -0.1) is 6.58 Å². The van der Waals surface area contributed by atoms with Crippen LogP contribution in [-0.2, 0) is 4.74 Å². The highest BCUT2D eigenvalue weighted by Gasteiger charge is 2.23. The van der Waals surface area contributed by atoms with E-state index in [2.05, 4.69) is 12.0 Å². The van der Waals surface area contributed by atoms with Gasteiger partial charge in [-0.25, -0.2) is 0 Å². The van der Waals surface area contributed by atoms with Crippen LogP contribution < -0.4 is 11.3 Å². The van der Waals surface area contributed by atoms with Crippen LogP contribution in [0.5, 0.6) is 0 Å². The van der Waals surface area contributed by atoms with Gasteiger partial charge in [-0.05, 0) is 19.3 Å². The third-order valence-electron chi connectivity index (χ3n) is 2.43. The van der Waals surface area contributed by atoms with Gasteiger partial charge in [-0.3, -0.25) is 11.3 Å². The van der Waals surface area contributed by atoms with E-state index in [4.69, 9.17) is 10.6 Å². The summed E-state index contributed by atoms with van der Waals surface area (Å²) in [6.07, 6.45) is 5.14. The van der Waals surface area contributed by atoms with Crippen molar-refractivity contribution in [2.45, 2.75) is 25.3 Å². The number of allylic oxidation sites excluding steroid dienone is 1. The Balaban J connectivity index is 2.27. The minimum absolute atomic E-state index is 0.394. The second kappa shape index (κ2) is 5.30. The quantitative estimate of drug-likeness (QED) is 0.365. The van der Waals surface area contributed by atoms with E-state index in [1.165, 1.54) is 0 Å². The number of nitrogens with two attached hydrogens (primary N) is 1. The number of nitrogens with one attached hydrogen (secondary N) is 1. The summed E-state index contributed by atoms with van der Waals surface area (Å²) >= 11 is 0. The average Bonchev–Trinajstić information content (AvgIpc) is 2.59. The normalized spacial score (nSPS) is 25.6. The summed E-state index contributed by atoms with van der Waals surface area (Å²) in [5.74, 6) is 6.05. The molecule has 70 valence electrons. The molecule has 3 nitrogen and oxygen atoms in total. The molecular formula is C9H18N2O. The number of hydrogen-bond acceptors (Lipinski definition) is 3. The van der Waals surface area contributed by atoms with Crippen molar-refractivity contribution in [1.82, 2.24) is 5.43 Å². The minimum atomic E-state index is 0.394. The number of hydrogen-bond donors (Lipinski definition) is 2. The molecule has 3 N–H and O–H groups in total. The first-order valence-corrected chi connectivity index (χ1v) is 4.53. The second-order valence-electron chi connectivity index (χ2n) is 3.26. The van der Waals surface area contributed by atoms with Gasteiger partial charge in [0.05, 0.1) is 6.61 Å². The van der Waals surface area contributed by atoms with Gasteiger partial charge in [-0.1, -0.05) is 6.08 Å². The van der Waals surface area contributed by atoms with Gasteiger partial charge in [-0.2, -0.15) is 0 Å². The number of rotatable bonds is 5. The standard InChI is InChI=1S/C9H18N2O/c1-2-3-4-9(11-10)8-5-6-12-7-8/h2,8-9,11H,1,3-7,10H2. The summed E-state index contributed by atoms with van der Waals surface area (Å²) in [6, 6.07) is 0.394. The fraction of sp³-hybridized carbons (Fsp3) is 0.778. The van der Waals surface area contributed by atoms with Crippen molar-refractivity contribution < 1.29 is 4.74 Å². The van der Waals surface area contributed by atoms with E-state index in [1.807, 2.05) is 6.08 Å². The van der Waals surface area contributed by atoms with Crippen LogP contribution in [-0.4, -0.2) is 19.3 Å². The van der Waals surface area contributed by atoms with E-state index in [-0.39, 0.29) is 0 Å². The summed E-state index contributed by atoms with van der Waals surface area (Å²) in [4.78, 5) is 0. The lowest BCUT2D eigenvalue weighted by atomic mass is 9.95. The Hall–Kier alpha value is -0.380. The first kappa shape index (κ1) is 9.71. The van der Waals surface area contributed by atoms with Gasteiger partial charge < -0.3 is 4.74 Å². The van der Waals surface area contributed by atoms with Crippen LogP contribution in [0.4, 0.5) is 0 Å². The maximum absolute atomic E-state index is 5.45. The van der Waals surface area contributed by atoms with Crippen LogP contribution in [0.2, 0.25) is 0 Å². The maximum Gasteiger partial charge on any atom is 0.0510 e. The molecule has 0 radical (unpaired) electrons. The summed E-state index contributed by atoms with van der Waals surface area (Å²) < 4.78 is 5.30. The van der Waals surface area contributed by atoms with Crippen molar-refractivity contribution in [2.75, 3.05) is 13.2 Å². The van der Waals surface area contributed by atoms with Crippen molar-refractivity contribution in [2.24, 2.45) is 11.8 Å². The van der Waals surface area contributed by atoms with Crippen molar-refractivity contribution in [1.29, 1.82) is 0 Å². The molecule has 2 unspecified atom stereocenters. The molecule has 1 heterocycles. The molecule has 1 aliphatic heterocycles. The van der Waals surface area contributed by atoms with Crippen LogP contribution in [0, 0.1) is 5.92 Å². The molecule has 0 spiro atoms. The first-order chi connectivity index (χ1) is 5.88. The van der Waals surface area contributed by atoms with Crippen LogP contribution in [0.25, 0.3) is 0 Å². The maximum atomic E-state index is 5.45. The summed E-state index contributed by atoms with van der Waals surface area (Å²) in [6.45, 7) is 5.43. The largest absolute Gasteiger partial charge is 0.381 e. The molecule has 1 aliphatic rings. The van der Waals surface area contributed by atoms with Gasteiger partial charge >= 0.3 is 0 Å². The van der Waals surface area contributed by atoms with E-state index in [0.29, 0.717) is 12.0 Å². The van der Waals surface area contributed by atoms with E-state index >= 15 is 0 Å². The highest BCUT2D eigenvalue weighted by atomic mass is 16.5. The van der Waals surface area contributed by atoms with Crippen LogP contribution >= 0.6 is 0 Å². The third kappa shape index (κ3) is 2.59. The Morgan fingerprint density at radius 1 is 1.75 bits per heavy atom. The summed E-state index contributed by atoms with van der Waals surface area (Å²) in [5, 5.41) is 0. The Labute approximate surface area is 73.9 Å². The van der Waals surface area contributed by atoms with Crippen molar-refractivity contribution in [3.63, 3.8) is 0 Å². The molecule has 0 amide bonds. The van der Waals surface area contributed by atoms with Crippen molar-refractivity contribution in [3.05, 3.63) is 12.7 Å². The highest BCUT2D eigenvalue weighted by Crippen LogP contribution is 2.19. The Morgan fingerprint density at radius 3 is 3.08 bits per heavy atom. The van der Waals surface area contributed by atoms with Gasteiger partial charge in [0, 0.05) is 18.6 Å². The average molecular weight is 170 g/mol. The molecule has 3 heteroatoms. The number of ether oxygens (including phenoxy) is 1. The molecule has 0 saturated carbocycles. The lowest BCUT2D eigenvalue weighted by Crippen LogP contribution is -2.41. The van der Waals surface area contributed by atoms with Gasteiger partial charge in [0.15, 0.2) is 0 Å². The molecule has 12 heavy (non-hydrogen) atoms. The Bertz CT molecular complexity index is 132. The second-order valence-corrected chi connectivity index (χ2v) is 3.26. The smallest absolute Gasteiger partial charge is 0.0510 e. The molecule has 1 fully saturated rings. The highest BCUT2D eigenvalue weighted by molar-refractivity contribution is 4.80. The Morgan fingerprint density at radius 2 is 2.58 bits per heavy atom. The predicted molar refractivity (Wildman–Crippen MR) is 49.5 cm³/mol. The summed E-state index contributed by atoms with van der Waals surface area (Å²) in [7, 11) is 0. The lowest BCUT2D eigenvalue weighted by molar-refractivity contribution is 0.175. The molecule has 0 aromatic heterocycles. The zero-order chi connectivity index (χ0) is 8.81. The molecule has 2 atom stereocenters. The zero-order valence-electron chi connectivity index (χ0n) is 7.46. The molecule has 0 aromatic carbocycles. The van der Waals surface area contributed by atoms with Crippen LogP contribution in [0.1, 0.15) is 19.3 Å². The summed E-state index contributed by atoms with van der Waals surface area (Å²) in [5.41, 5.74) is 2.85. The number of hydrazine groups is 1. The predicted octanol–water partition coefficient (Wildman–Crippen LogP) is 0.821. The minimum Gasteiger partial charge on any atom is -0.381 e. The van der Waals surface area contributed by atoms with E-state index < -0.39 is 0 Å². The molecule has 0 bridgehead atoms. The zero-order valence-corrected chi connectivity index (χ0v) is 7.46. The van der Waals surface area contributed by atoms with E-state index in [0.717, 1.165) is 32.5 Å². The van der Waals surface area contributed by atoms with Crippen molar-refractivity contribution >= 4 is 0 Å². The molecule has 0 aliphatic carbocycles. The van der Waals surface area contributed by atoms with Crippen molar-refractivity contribution in [3.8, 4) is 0 Å². The van der Waals surface area contributed by atoms with Crippen LogP contribution in [0.15, 0.2) is 12.7 Å². The SMILES string of the molecule is C=CCCC(NN)C1CCOC1. The molecule has 1 saturated heterocycles. The van der Waals surface area contributed by atoms with E-state index in [1.54, 1.807) is 0 Å². The monoisotopic (exact) mass is 170 g/mol. The molecule has 1 rings (SSSR count). The first-order valence-electron chi connectivity index (χ1n) is 4.53. The molecule has 0 aromatic rings. The topological polar surface area (TPSA) is 47.3 Å². The van der Waals surface area contributed by atoms with Gasteiger partial charge in [0.25, 0.3) is 0 Å². The third-order valence-corrected chi connectivity index (χ3v) is 2.43. The van der Waals surface area contributed by atoms with E-state index in [9.17, 15) is 0 Å². The van der Waals surface area contributed by atoms with Gasteiger partial charge in [0.1, 0.15) is 0 Å². The fourth-order valence-corrected chi connectivity index (χ4v) is 1.62. The fourth-order valence-electron chi connectivity index (χ4n) is 1.62. The molecular weight excluding hydrogens is 152 g/mol. The Kier molecular flexibility index (Phi) is 4.29. The van der Waals surface area contributed by atoms with Crippen LogP contribution in [0.3, 0.4) is 0 Å². The van der Waals surface area contributed by atoms with Gasteiger partial charge in [0.2, 0.25) is 0 Å².